The first kappa shape index (κ1) is 28.1. The zero-order valence-electron chi connectivity index (χ0n) is 23.5. The topological polar surface area (TPSA) is 74.3 Å². The molecule has 0 saturated heterocycles. The lowest BCUT2D eigenvalue weighted by Crippen LogP contribution is -2.23. The van der Waals surface area contributed by atoms with E-state index in [1.165, 1.54) is 40.1 Å². The number of nitrogens with zero attached hydrogens (tertiary/aromatic N) is 5. The Morgan fingerprint density at radius 2 is 1.51 bits per heavy atom. The number of fused-ring (bicyclic) bond motifs is 1. The van der Waals surface area contributed by atoms with E-state index in [4.69, 9.17) is 9.84 Å². The van der Waals surface area contributed by atoms with E-state index in [2.05, 4.69) is 10.1 Å². The number of halogens is 2. The fraction of sp³-hybridized carbons (Fsp3) is 0.0286. The third kappa shape index (κ3) is 6.17. The van der Waals surface area contributed by atoms with Crippen LogP contribution in [-0.4, -0.2) is 24.4 Å². The minimum atomic E-state index is -0.311. The molecule has 45 heavy (non-hydrogen) atoms. The predicted molar refractivity (Wildman–Crippen MR) is 171 cm³/mol. The van der Waals surface area contributed by atoms with Crippen molar-refractivity contribution < 1.29 is 13.5 Å². The van der Waals surface area contributed by atoms with E-state index in [9.17, 15) is 13.6 Å². The van der Waals surface area contributed by atoms with Crippen LogP contribution >= 0.6 is 11.3 Å². The van der Waals surface area contributed by atoms with Crippen molar-refractivity contribution in [3.63, 3.8) is 0 Å². The molecule has 0 fully saturated rings. The fourth-order valence-corrected chi connectivity index (χ4v) is 5.60. The first-order valence-corrected chi connectivity index (χ1v) is 14.8. The number of rotatable bonds is 8. The lowest BCUT2D eigenvalue weighted by atomic mass is 10.1. The van der Waals surface area contributed by atoms with Crippen molar-refractivity contribution in [2.45, 2.75) is 6.61 Å². The lowest BCUT2D eigenvalue weighted by Gasteiger charge is -2.07. The zero-order valence-corrected chi connectivity index (χ0v) is 24.4. The van der Waals surface area contributed by atoms with Crippen molar-refractivity contribution in [1.82, 2.24) is 24.4 Å². The number of hydrogen-bond donors (Lipinski definition) is 0. The molecule has 3 heterocycles. The third-order valence-corrected chi connectivity index (χ3v) is 7.95. The van der Waals surface area contributed by atoms with Crippen LogP contribution in [0, 0.1) is 11.6 Å². The third-order valence-electron chi connectivity index (χ3n) is 6.99. The average Bonchev–Trinajstić information content (AvgIpc) is 3.76. The number of hydrogen-bond acceptors (Lipinski definition) is 6. The van der Waals surface area contributed by atoms with Gasteiger partial charge in [0.05, 0.1) is 10.2 Å². The molecule has 0 saturated carbocycles. The van der Waals surface area contributed by atoms with E-state index in [1.54, 1.807) is 47.2 Å². The Morgan fingerprint density at radius 1 is 0.800 bits per heavy atom. The molecule has 10 heteroatoms. The first-order chi connectivity index (χ1) is 22.0. The molecule has 0 radical (unpaired) electrons. The largest absolute Gasteiger partial charge is 0.489 e. The number of benzene rings is 4. The van der Waals surface area contributed by atoms with Crippen LogP contribution < -0.4 is 14.8 Å². The Kier molecular flexibility index (Phi) is 7.54. The molecule has 0 unspecified atom stereocenters. The molecule has 0 amide bonds. The van der Waals surface area contributed by atoms with Crippen molar-refractivity contribution >= 4 is 34.5 Å². The molecule has 0 N–H and O–H groups in total. The molecule has 0 aliphatic rings. The predicted octanol–water partition coefficient (Wildman–Crippen LogP) is 6.58. The standard InChI is InChI=1S/C35H23F2N5O2S/c36-27-13-6-23(7-14-27)10-19-32-38-35-42(39-32)34(43)31(45-35)20-26-21-41(29-4-2-1-3-5-29)40-33(26)25-11-17-30(18-12-25)44-22-24-8-15-28(37)16-9-24/h1-21H,22H2/b19-10+,31-20-. The molecule has 0 bridgehead atoms. The van der Waals surface area contributed by atoms with Gasteiger partial charge in [-0.05, 0) is 83.9 Å². The summed E-state index contributed by atoms with van der Waals surface area (Å²) in [5, 5.41) is 9.23. The SMILES string of the molecule is O=c1/c(=C/c2cn(-c3ccccc3)nc2-c2ccc(OCc3ccc(F)cc3)cc2)sc2nc(/C=C/c3ccc(F)cc3)nn12. The molecule has 4 aromatic carbocycles. The van der Waals surface area contributed by atoms with Gasteiger partial charge in [0.1, 0.15) is 29.7 Å². The van der Waals surface area contributed by atoms with Gasteiger partial charge in [0.25, 0.3) is 5.56 Å². The summed E-state index contributed by atoms with van der Waals surface area (Å²) in [7, 11) is 0. The molecule has 3 aromatic heterocycles. The van der Waals surface area contributed by atoms with Gasteiger partial charge in [0.15, 0.2) is 5.82 Å². The Balaban J connectivity index is 1.20. The van der Waals surface area contributed by atoms with Crippen LogP contribution in [0.4, 0.5) is 8.78 Å². The van der Waals surface area contributed by atoms with E-state index in [0.717, 1.165) is 27.9 Å². The van der Waals surface area contributed by atoms with Gasteiger partial charge in [0, 0.05) is 17.3 Å². The highest BCUT2D eigenvalue weighted by molar-refractivity contribution is 7.15. The molecule has 0 atom stereocenters. The summed E-state index contributed by atoms with van der Waals surface area (Å²) >= 11 is 1.24. The monoisotopic (exact) mass is 615 g/mol. The molecule has 0 spiro atoms. The normalized spacial score (nSPS) is 12.0. The van der Waals surface area contributed by atoms with Gasteiger partial charge in [0.2, 0.25) is 4.96 Å². The lowest BCUT2D eigenvalue weighted by molar-refractivity contribution is 0.306. The molecule has 0 aliphatic heterocycles. The van der Waals surface area contributed by atoms with Crippen molar-refractivity contribution in [2.75, 3.05) is 0 Å². The van der Waals surface area contributed by atoms with Crippen LogP contribution in [0.3, 0.4) is 0 Å². The Morgan fingerprint density at radius 3 is 2.22 bits per heavy atom. The Labute approximate surface area is 259 Å². The summed E-state index contributed by atoms with van der Waals surface area (Å²) < 4.78 is 35.8. The summed E-state index contributed by atoms with van der Waals surface area (Å²) in [6, 6.07) is 29.5. The highest BCUT2D eigenvalue weighted by atomic mass is 32.1. The zero-order chi connectivity index (χ0) is 30.8. The van der Waals surface area contributed by atoms with Gasteiger partial charge in [-0.1, -0.05) is 59.9 Å². The maximum atomic E-state index is 13.3. The molecule has 0 aliphatic carbocycles. The number of ether oxygens (including phenoxy) is 1. The fourth-order valence-electron chi connectivity index (χ4n) is 4.69. The van der Waals surface area contributed by atoms with Crippen LogP contribution in [0.15, 0.2) is 114 Å². The van der Waals surface area contributed by atoms with Gasteiger partial charge in [-0.2, -0.15) is 14.6 Å². The van der Waals surface area contributed by atoms with Crippen LogP contribution in [0.5, 0.6) is 5.75 Å². The number of para-hydroxylation sites is 1. The summed E-state index contributed by atoms with van der Waals surface area (Å²) in [5.41, 5.74) is 4.51. The highest BCUT2D eigenvalue weighted by Gasteiger charge is 2.14. The van der Waals surface area contributed by atoms with Gasteiger partial charge >= 0.3 is 0 Å². The van der Waals surface area contributed by atoms with E-state index in [-0.39, 0.29) is 17.2 Å². The Bertz CT molecular complexity index is 2240. The molecule has 220 valence electrons. The van der Waals surface area contributed by atoms with Gasteiger partial charge in [-0.15, -0.1) is 5.10 Å². The summed E-state index contributed by atoms with van der Waals surface area (Å²) in [6.45, 7) is 0.311. The first-order valence-electron chi connectivity index (χ1n) is 14.0. The minimum Gasteiger partial charge on any atom is -0.489 e. The van der Waals surface area contributed by atoms with E-state index >= 15 is 0 Å². The van der Waals surface area contributed by atoms with Gasteiger partial charge in [-0.3, -0.25) is 4.79 Å². The summed E-state index contributed by atoms with van der Waals surface area (Å²) in [4.78, 5) is 18.3. The number of aromatic nitrogens is 5. The summed E-state index contributed by atoms with van der Waals surface area (Å²) in [5.74, 6) is 0.443. The van der Waals surface area contributed by atoms with E-state index in [0.29, 0.717) is 33.4 Å². The van der Waals surface area contributed by atoms with E-state index in [1.807, 2.05) is 60.8 Å². The maximum absolute atomic E-state index is 13.3. The second kappa shape index (κ2) is 12.1. The van der Waals surface area contributed by atoms with Gasteiger partial charge in [-0.25, -0.2) is 13.5 Å². The van der Waals surface area contributed by atoms with Crippen molar-refractivity contribution in [3.8, 4) is 22.7 Å². The highest BCUT2D eigenvalue weighted by Crippen LogP contribution is 2.27. The average molecular weight is 616 g/mol. The van der Waals surface area contributed by atoms with Crippen LogP contribution in [0.25, 0.3) is 40.1 Å². The molecule has 7 nitrogen and oxygen atoms in total. The van der Waals surface area contributed by atoms with Crippen LogP contribution in [0.1, 0.15) is 22.5 Å². The van der Waals surface area contributed by atoms with Gasteiger partial charge < -0.3 is 4.74 Å². The van der Waals surface area contributed by atoms with Crippen molar-refractivity contribution in [1.29, 1.82) is 0 Å². The van der Waals surface area contributed by atoms with E-state index < -0.39 is 0 Å². The molecule has 7 aromatic rings. The maximum Gasteiger partial charge on any atom is 0.291 e. The summed E-state index contributed by atoms with van der Waals surface area (Å²) in [6.07, 6.45) is 7.14. The van der Waals surface area contributed by atoms with Crippen LogP contribution in [0.2, 0.25) is 0 Å². The molecule has 7 rings (SSSR count). The second-order valence-corrected chi connectivity index (χ2v) is 11.1. The van der Waals surface area contributed by atoms with Crippen molar-refractivity contribution in [3.05, 3.63) is 158 Å². The molecular formula is C35H23F2N5O2S. The minimum absolute atomic E-state index is 0.285. The molecular weight excluding hydrogens is 592 g/mol. The smallest absolute Gasteiger partial charge is 0.291 e. The van der Waals surface area contributed by atoms with Crippen LogP contribution in [-0.2, 0) is 6.61 Å². The number of thiazole rings is 1. The van der Waals surface area contributed by atoms with Crippen molar-refractivity contribution in [2.24, 2.45) is 0 Å². The Hall–Kier alpha value is -5.74. The quantitative estimate of drug-likeness (QED) is 0.193. The second-order valence-electron chi connectivity index (χ2n) is 10.1.